The molecule has 1 heterocycles. The number of rotatable bonds is 4. The minimum atomic E-state index is 0.152. The van der Waals surface area contributed by atoms with E-state index in [0.29, 0.717) is 0 Å². The Morgan fingerprint density at radius 2 is 1.65 bits per heavy atom. The van der Waals surface area contributed by atoms with E-state index in [1.54, 1.807) is 0 Å². The minimum Gasteiger partial charge on any atom is -0.333 e. The van der Waals surface area contributed by atoms with E-state index in [9.17, 15) is 0 Å². The minimum absolute atomic E-state index is 0.152. The van der Waals surface area contributed by atoms with Gasteiger partial charge in [0.05, 0.1) is 12.4 Å². The third-order valence-electron chi connectivity index (χ3n) is 4.49. The van der Waals surface area contributed by atoms with E-state index in [1.807, 2.05) is 18.7 Å². The Bertz CT molecular complexity index is 844. The molecular formula is C23H25N3. The monoisotopic (exact) mass is 343 g/mol. The number of nitrogens with zero attached hydrogens (tertiary/aromatic N) is 2. The first-order valence-electron chi connectivity index (χ1n) is 8.99. The maximum absolute atomic E-state index is 4.50. The van der Waals surface area contributed by atoms with Gasteiger partial charge in [0.15, 0.2) is 0 Å². The molecule has 1 atom stereocenters. The van der Waals surface area contributed by atoms with Crippen molar-refractivity contribution in [3.05, 3.63) is 108 Å². The number of benzene rings is 2. The van der Waals surface area contributed by atoms with Gasteiger partial charge in [0.25, 0.3) is 0 Å². The molecule has 3 heteroatoms. The van der Waals surface area contributed by atoms with Crippen molar-refractivity contribution in [2.75, 3.05) is 7.05 Å². The second kappa shape index (κ2) is 8.97. The zero-order valence-electron chi connectivity index (χ0n) is 15.1. The average molecular weight is 343 g/mol. The molecule has 0 bridgehead atoms. The van der Waals surface area contributed by atoms with E-state index in [-0.39, 0.29) is 6.04 Å². The smallest absolute Gasteiger partial charge is 0.0954 e. The fraction of sp³-hybridized carbons (Fsp3) is 0.174. The number of allylic oxidation sites excluding steroid dienone is 4. The van der Waals surface area contributed by atoms with Crippen molar-refractivity contribution < 1.29 is 0 Å². The Hall–Kier alpha value is -2.91. The molecule has 0 saturated heterocycles. The van der Waals surface area contributed by atoms with Gasteiger partial charge >= 0.3 is 0 Å². The number of nitrogens with two attached hydrogens (primary N) is 1. The van der Waals surface area contributed by atoms with Crippen LogP contribution in [0.3, 0.4) is 0 Å². The predicted molar refractivity (Wildman–Crippen MR) is 109 cm³/mol. The molecule has 3 aromatic rings. The fourth-order valence-corrected chi connectivity index (χ4v) is 3.28. The molecule has 1 aromatic heterocycles. The van der Waals surface area contributed by atoms with Crippen LogP contribution in [-0.4, -0.2) is 16.6 Å². The highest BCUT2D eigenvalue weighted by molar-refractivity contribution is 5.74. The van der Waals surface area contributed by atoms with Gasteiger partial charge in [-0.3, -0.25) is 0 Å². The highest BCUT2D eigenvalue weighted by Crippen LogP contribution is 2.28. The molecule has 2 aromatic carbocycles. The van der Waals surface area contributed by atoms with Crippen LogP contribution in [0.15, 0.2) is 91.5 Å². The van der Waals surface area contributed by atoms with E-state index in [0.717, 1.165) is 12.8 Å². The highest BCUT2D eigenvalue weighted by atomic mass is 15.0. The summed E-state index contributed by atoms with van der Waals surface area (Å²) in [6.07, 6.45) is 14.8. The normalized spacial score (nSPS) is 14.2. The molecule has 26 heavy (non-hydrogen) atoms. The van der Waals surface area contributed by atoms with E-state index < -0.39 is 0 Å². The first kappa shape index (κ1) is 17.9. The summed E-state index contributed by atoms with van der Waals surface area (Å²) < 4.78 is 2.16. The molecule has 0 fully saturated rings. The van der Waals surface area contributed by atoms with Crippen molar-refractivity contribution in [1.29, 1.82) is 0 Å². The van der Waals surface area contributed by atoms with Crippen molar-refractivity contribution in [3.63, 3.8) is 0 Å². The molecule has 132 valence electrons. The molecule has 2 N–H and O–H groups in total. The predicted octanol–water partition coefficient (Wildman–Crippen LogP) is 4.83. The lowest BCUT2D eigenvalue weighted by molar-refractivity contribution is 0.677. The molecule has 0 saturated carbocycles. The maximum atomic E-state index is 4.50. The van der Waals surface area contributed by atoms with Gasteiger partial charge in [-0.15, -0.1) is 0 Å². The lowest BCUT2D eigenvalue weighted by atomic mass is 9.94. The second-order valence-corrected chi connectivity index (χ2v) is 6.08. The Balaban J connectivity index is 0.000000948. The molecule has 0 amide bonds. The van der Waals surface area contributed by atoms with Crippen LogP contribution in [0.1, 0.15) is 35.6 Å². The fourth-order valence-electron chi connectivity index (χ4n) is 3.28. The topological polar surface area (TPSA) is 43.8 Å². The van der Waals surface area contributed by atoms with E-state index >= 15 is 0 Å². The van der Waals surface area contributed by atoms with Gasteiger partial charge in [-0.2, -0.15) is 0 Å². The van der Waals surface area contributed by atoms with Gasteiger partial charge in [0.2, 0.25) is 0 Å². The largest absolute Gasteiger partial charge is 0.333 e. The Kier molecular flexibility index (Phi) is 6.18. The number of imidazole rings is 1. The third kappa shape index (κ3) is 4.01. The molecule has 1 aliphatic carbocycles. The van der Waals surface area contributed by atoms with Crippen LogP contribution in [-0.2, 0) is 0 Å². The van der Waals surface area contributed by atoms with Gasteiger partial charge in [-0.1, -0.05) is 72.8 Å². The van der Waals surface area contributed by atoms with Crippen LogP contribution in [0.25, 0.3) is 5.57 Å². The van der Waals surface area contributed by atoms with E-state index in [4.69, 9.17) is 0 Å². The number of hydrogen-bond donors (Lipinski definition) is 1. The summed E-state index contributed by atoms with van der Waals surface area (Å²) in [6.45, 7) is 0. The first-order chi connectivity index (χ1) is 12.9. The van der Waals surface area contributed by atoms with Crippen molar-refractivity contribution in [2.45, 2.75) is 18.9 Å². The zero-order chi connectivity index (χ0) is 18.2. The van der Waals surface area contributed by atoms with Gasteiger partial charge < -0.3 is 10.3 Å². The summed E-state index contributed by atoms with van der Waals surface area (Å²) >= 11 is 0. The van der Waals surface area contributed by atoms with Crippen LogP contribution in [0.5, 0.6) is 0 Å². The van der Waals surface area contributed by atoms with E-state index in [2.05, 4.69) is 88.1 Å². The quantitative estimate of drug-likeness (QED) is 0.737. The molecule has 1 aliphatic rings. The lowest BCUT2D eigenvalue weighted by Gasteiger charge is -2.20. The molecule has 3 nitrogen and oxygen atoms in total. The molecule has 1 unspecified atom stereocenters. The summed E-state index contributed by atoms with van der Waals surface area (Å²) in [5, 5.41) is 0. The van der Waals surface area contributed by atoms with Crippen molar-refractivity contribution in [2.24, 2.45) is 5.73 Å². The SMILES string of the molecule is C1=CC(c2ccc(C(c3ccccc3)n3ccnc3)cc2)=CCC1.CN. The van der Waals surface area contributed by atoms with Gasteiger partial charge in [0.1, 0.15) is 0 Å². The van der Waals surface area contributed by atoms with Gasteiger partial charge in [-0.05, 0) is 42.2 Å². The summed E-state index contributed by atoms with van der Waals surface area (Å²) in [7, 11) is 1.50. The summed E-state index contributed by atoms with van der Waals surface area (Å²) in [4.78, 5) is 4.23. The van der Waals surface area contributed by atoms with E-state index in [1.165, 1.54) is 29.3 Å². The van der Waals surface area contributed by atoms with Crippen molar-refractivity contribution >= 4 is 5.57 Å². The Morgan fingerprint density at radius 3 is 2.27 bits per heavy atom. The summed E-state index contributed by atoms with van der Waals surface area (Å²) in [5.41, 5.74) is 9.64. The molecule has 0 aliphatic heterocycles. The molecule has 0 radical (unpaired) electrons. The molecular weight excluding hydrogens is 318 g/mol. The molecule has 0 spiro atoms. The summed E-state index contributed by atoms with van der Waals surface area (Å²) in [5.74, 6) is 0. The van der Waals surface area contributed by atoms with Gasteiger partial charge in [0, 0.05) is 12.4 Å². The maximum Gasteiger partial charge on any atom is 0.0954 e. The third-order valence-corrected chi connectivity index (χ3v) is 4.49. The van der Waals surface area contributed by atoms with Crippen LogP contribution in [0, 0.1) is 0 Å². The van der Waals surface area contributed by atoms with Crippen LogP contribution in [0.4, 0.5) is 0 Å². The first-order valence-corrected chi connectivity index (χ1v) is 8.99. The lowest BCUT2D eigenvalue weighted by Crippen LogP contribution is -2.10. The van der Waals surface area contributed by atoms with Crippen LogP contribution < -0.4 is 5.73 Å². The number of hydrogen-bond acceptors (Lipinski definition) is 2. The molecule has 4 rings (SSSR count). The zero-order valence-corrected chi connectivity index (χ0v) is 15.1. The standard InChI is InChI=1S/C22H20N2.CH5N/c1-3-7-18(8-4-1)19-11-13-21(14-12-19)22(24-16-15-23-17-24)20-9-5-2-6-10-20;1-2/h2-3,5-17,22H,1,4H2;2H2,1H3. The van der Waals surface area contributed by atoms with Crippen LogP contribution >= 0.6 is 0 Å². The second-order valence-electron chi connectivity index (χ2n) is 6.08. The van der Waals surface area contributed by atoms with Crippen LogP contribution in [0.2, 0.25) is 0 Å². The number of aromatic nitrogens is 2. The summed E-state index contributed by atoms with van der Waals surface area (Å²) in [6, 6.07) is 19.6. The Labute approximate surface area is 155 Å². The van der Waals surface area contributed by atoms with Gasteiger partial charge in [-0.25, -0.2) is 4.98 Å². The average Bonchev–Trinajstić information content (AvgIpc) is 3.26. The van der Waals surface area contributed by atoms with Crippen molar-refractivity contribution in [1.82, 2.24) is 9.55 Å². The van der Waals surface area contributed by atoms with Crippen molar-refractivity contribution in [3.8, 4) is 0 Å². The highest BCUT2D eigenvalue weighted by Gasteiger charge is 2.15. The Morgan fingerprint density at radius 1 is 0.923 bits per heavy atom.